The summed E-state index contributed by atoms with van der Waals surface area (Å²) in [7, 11) is 0. The molecule has 2 aliphatic heterocycles. The third-order valence-corrected chi connectivity index (χ3v) is 7.09. The lowest BCUT2D eigenvalue weighted by Gasteiger charge is -2.25. The van der Waals surface area contributed by atoms with Crippen molar-refractivity contribution in [2.24, 2.45) is 5.84 Å². The van der Waals surface area contributed by atoms with Crippen LogP contribution in [0.15, 0.2) is 73.1 Å². The zero-order valence-corrected chi connectivity index (χ0v) is 20.9. The highest BCUT2D eigenvalue weighted by Crippen LogP contribution is 2.31. The van der Waals surface area contributed by atoms with Crippen LogP contribution in [0.2, 0.25) is 0 Å². The minimum absolute atomic E-state index is 0.146. The lowest BCUT2D eigenvalue weighted by atomic mass is 10.0. The molecule has 4 amide bonds. The van der Waals surface area contributed by atoms with E-state index in [1.807, 2.05) is 36.4 Å². The first kappa shape index (κ1) is 24.3. The van der Waals surface area contributed by atoms with E-state index in [9.17, 15) is 14.4 Å². The van der Waals surface area contributed by atoms with Crippen LogP contribution in [0.3, 0.4) is 0 Å². The topological polar surface area (TPSA) is 122 Å². The van der Waals surface area contributed by atoms with Crippen LogP contribution in [0.4, 0.5) is 10.5 Å². The van der Waals surface area contributed by atoms with Crippen LogP contribution in [0.1, 0.15) is 40.7 Å². The number of benzene rings is 2. The van der Waals surface area contributed by atoms with Gasteiger partial charge in [0, 0.05) is 41.0 Å². The average molecular weight is 517 g/mol. The Bertz CT molecular complexity index is 1650. The number of imide groups is 1. The van der Waals surface area contributed by atoms with E-state index >= 15 is 0 Å². The van der Waals surface area contributed by atoms with Crippen molar-refractivity contribution < 1.29 is 14.4 Å². The molecule has 0 spiro atoms. The summed E-state index contributed by atoms with van der Waals surface area (Å²) in [5.41, 5.74) is 6.80. The highest BCUT2D eigenvalue weighted by Gasteiger charge is 2.46. The smallest absolute Gasteiger partial charge is 0.312 e. The van der Waals surface area contributed by atoms with Gasteiger partial charge >= 0.3 is 6.03 Å². The van der Waals surface area contributed by atoms with Gasteiger partial charge in [-0.15, -0.1) is 0 Å². The maximum Gasteiger partial charge on any atom is 0.332 e. The molecule has 6 rings (SSSR count). The second-order valence-electron chi connectivity index (χ2n) is 9.46. The molecule has 39 heavy (non-hydrogen) atoms. The summed E-state index contributed by atoms with van der Waals surface area (Å²) in [6.45, 7) is 0.632. The van der Waals surface area contributed by atoms with Gasteiger partial charge < -0.3 is 4.90 Å². The molecule has 3 N–H and O–H groups in total. The van der Waals surface area contributed by atoms with E-state index in [4.69, 9.17) is 5.84 Å². The summed E-state index contributed by atoms with van der Waals surface area (Å²) in [6, 6.07) is 17.6. The number of pyridine rings is 2. The number of nitrogen functional groups attached to an aromatic ring is 1. The number of aromatic nitrogens is 2. The summed E-state index contributed by atoms with van der Waals surface area (Å²) in [4.78, 5) is 49.6. The van der Waals surface area contributed by atoms with Crippen LogP contribution in [-0.4, -0.2) is 45.3 Å². The highest BCUT2D eigenvalue weighted by molar-refractivity contribution is 6.21. The minimum Gasteiger partial charge on any atom is -0.312 e. The third kappa shape index (κ3) is 4.47. The van der Waals surface area contributed by atoms with Crippen molar-refractivity contribution >= 4 is 34.4 Å². The van der Waals surface area contributed by atoms with Gasteiger partial charge in [0.05, 0.1) is 22.5 Å². The maximum absolute atomic E-state index is 12.8. The Morgan fingerprint density at radius 1 is 0.974 bits per heavy atom. The summed E-state index contributed by atoms with van der Waals surface area (Å²) < 4.78 is 0. The van der Waals surface area contributed by atoms with E-state index < -0.39 is 5.91 Å². The Balaban J connectivity index is 1.21. The number of urea groups is 1. The monoisotopic (exact) mass is 516 g/mol. The van der Waals surface area contributed by atoms with E-state index in [2.05, 4.69) is 27.2 Å². The number of carbonyl (C=O) groups excluding carboxylic acids is 3. The third-order valence-electron chi connectivity index (χ3n) is 7.09. The number of nitrogens with two attached hydrogens (primary N) is 1. The first-order chi connectivity index (χ1) is 19.0. The molecule has 9 nitrogen and oxygen atoms in total. The van der Waals surface area contributed by atoms with Gasteiger partial charge in [-0.25, -0.2) is 20.5 Å². The molecule has 0 saturated carbocycles. The molecule has 2 aliphatic rings. The highest BCUT2D eigenvalue weighted by atomic mass is 16.2. The summed E-state index contributed by atoms with van der Waals surface area (Å²) in [5.74, 6) is 11.1. The lowest BCUT2D eigenvalue weighted by Crippen LogP contribution is -2.39. The van der Waals surface area contributed by atoms with Crippen molar-refractivity contribution in [1.82, 2.24) is 20.3 Å². The Morgan fingerprint density at radius 2 is 1.69 bits per heavy atom. The summed E-state index contributed by atoms with van der Waals surface area (Å²) in [5, 5.41) is 0.618. The predicted molar refractivity (Wildman–Crippen MR) is 146 cm³/mol. The second kappa shape index (κ2) is 10.0. The summed E-state index contributed by atoms with van der Waals surface area (Å²) >= 11 is 0. The zero-order chi connectivity index (χ0) is 26.9. The van der Waals surface area contributed by atoms with Gasteiger partial charge in [0.2, 0.25) is 0 Å². The number of anilines is 1. The second-order valence-corrected chi connectivity index (χ2v) is 9.46. The van der Waals surface area contributed by atoms with Crippen molar-refractivity contribution in [3.8, 4) is 23.1 Å². The van der Waals surface area contributed by atoms with Gasteiger partial charge in [-0.3, -0.25) is 20.0 Å². The van der Waals surface area contributed by atoms with Crippen molar-refractivity contribution in [3.63, 3.8) is 0 Å². The number of hydrazine groups is 1. The van der Waals surface area contributed by atoms with Gasteiger partial charge in [-0.05, 0) is 67.8 Å². The number of carbonyl (C=O) groups is 3. The number of nitrogens with zero attached hydrogens (tertiary/aromatic N) is 4. The van der Waals surface area contributed by atoms with Crippen molar-refractivity contribution in [2.75, 3.05) is 11.4 Å². The molecule has 2 saturated heterocycles. The van der Waals surface area contributed by atoms with Gasteiger partial charge in [-0.2, -0.15) is 0 Å². The fourth-order valence-electron chi connectivity index (χ4n) is 5.07. The molecule has 0 radical (unpaired) electrons. The summed E-state index contributed by atoms with van der Waals surface area (Å²) in [6.07, 6.45) is 5.84. The van der Waals surface area contributed by atoms with Gasteiger partial charge in [0.25, 0.3) is 11.8 Å². The molecule has 2 fully saturated rings. The van der Waals surface area contributed by atoms with Crippen LogP contribution in [-0.2, 0) is 4.79 Å². The first-order valence-electron chi connectivity index (χ1n) is 12.7. The Hall–Kier alpha value is -5.07. The van der Waals surface area contributed by atoms with Crippen molar-refractivity contribution in [1.29, 1.82) is 0 Å². The molecule has 4 aromatic rings. The molecular formula is C30H24N6O3. The number of amides is 4. The van der Waals surface area contributed by atoms with Crippen molar-refractivity contribution in [3.05, 3.63) is 89.7 Å². The molecule has 4 heterocycles. The first-order valence-corrected chi connectivity index (χ1v) is 12.7. The van der Waals surface area contributed by atoms with Crippen LogP contribution in [0.5, 0.6) is 0 Å². The normalized spacial score (nSPS) is 16.6. The Morgan fingerprint density at radius 3 is 2.38 bits per heavy atom. The van der Waals surface area contributed by atoms with Crippen LogP contribution < -0.4 is 16.2 Å². The van der Waals surface area contributed by atoms with E-state index in [0.29, 0.717) is 34.4 Å². The number of piperidine rings is 1. The Kier molecular flexibility index (Phi) is 6.23. The number of fused-ring (bicyclic) bond motifs is 2. The van der Waals surface area contributed by atoms with E-state index in [1.165, 1.54) is 4.90 Å². The fraction of sp³-hybridized carbons (Fsp3) is 0.167. The van der Waals surface area contributed by atoms with Gasteiger partial charge in [-0.1, -0.05) is 24.0 Å². The Labute approximate surface area is 224 Å². The molecule has 2 aromatic carbocycles. The van der Waals surface area contributed by atoms with Gasteiger partial charge in [0.1, 0.15) is 6.04 Å². The molecule has 9 heteroatoms. The zero-order valence-electron chi connectivity index (χ0n) is 20.9. The number of hydrogen-bond acceptors (Lipinski definition) is 6. The van der Waals surface area contributed by atoms with Crippen LogP contribution >= 0.6 is 0 Å². The largest absolute Gasteiger partial charge is 0.332 e. The van der Waals surface area contributed by atoms with Crippen molar-refractivity contribution in [2.45, 2.75) is 25.3 Å². The molecule has 2 aromatic heterocycles. The average Bonchev–Trinajstić information content (AvgIpc) is 3.25. The number of rotatable bonds is 3. The number of nitrogens with one attached hydrogen (secondary N) is 1. The van der Waals surface area contributed by atoms with Crippen LogP contribution in [0, 0.1) is 11.8 Å². The fourth-order valence-corrected chi connectivity index (χ4v) is 5.07. The minimum atomic E-state index is -0.417. The molecule has 192 valence electrons. The standard InChI is InChI=1S/C30H24N6O3/c31-34-28(37)23-17-26(33-25-14-15-32-18-24(23)25)21-10-6-19(7-11-21)4-5-20-8-12-22(13-9-20)36-29(38)27-3-1-2-16-35(27)30(36)39/h6-15,17-18,27H,1-3,16,31H2,(H,34,37). The SMILES string of the molecule is NNC(=O)c1cc(-c2ccc(C#Cc3ccc(N4C(=O)C5CCCCN5C4=O)cc3)cc2)nc2ccncc12. The molecule has 0 bridgehead atoms. The van der Waals surface area contributed by atoms with Gasteiger partial charge in [0.15, 0.2) is 0 Å². The van der Waals surface area contributed by atoms with E-state index in [1.54, 1.807) is 41.6 Å². The molecule has 0 aliphatic carbocycles. The van der Waals surface area contributed by atoms with Crippen LogP contribution in [0.25, 0.3) is 22.2 Å². The van der Waals surface area contributed by atoms with E-state index in [0.717, 1.165) is 36.0 Å². The lowest BCUT2D eigenvalue weighted by molar-refractivity contribution is -0.120. The molecular weight excluding hydrogens is 492 g/mol. The number of hydrogen-bond donors (Lipinski definition) is 2. The van der Waals surface area contributed by atoms with E-state index in [-0.39, 0.29) is 18.0 Å². The maximum atomic E-state index is 12.8. The predicted octanol–water partition coefficient (Wildman–Crippen LogP) is 3.62. The quantitative estimate of drug-likeness (QED) is 0.141. The molecule has 1 atom stereocenters. The molecule has 1 unspecified atom stereocenters.